The summed E-state index contributed by atoms with van der Waals surface area (Å²) in [6, 6.07) is 29.2. The van der Waals surface area contributed by atoms with Crippen LogP contribution in [0, 0.1) is 5.41 Å². The monoisotopic (exact) mass is 583 g/mol. The van der Waals surface area contributed by atoms with Crippen molar-refractivity contribution < 1.29 is 14.2 Å². The van der Waals surface area contributed by atoms with Gasteiger partial charge in [0.2, 0.25) is 0 Å². The van der Waals surface area contributed by atoms with Gasteiger partial charge in [0.25, 0.3) is 0 Å². The number of hydrogen-bond acceptors (Lipinski definition) is 4. The summed E-state index contributed by atoms with van der Waals surface area (Å²) in [6.45, 7) is 14.5. The summed E-state index contributed by atoms with van der Waals surface area (Å²) >= 11 is 0. The van der Waals surface area contributed by atoms with Crippen LogP contribution in [0.2, 0.25) is 0 Å². The van der Waals surface area contributed by atoms with E-state index in [4.69, 9.17) is 19.9 Å². The Balaban J connectivity index is 0.00000119. The Morgan fingerprint density at radius 2 is 1.40 bits per heavy atom. The van der Waals surface area contributed by atoms with Crippen LogP contribution in [0.5, 0.6) is 5.75 Å². The van der Waals surface area contributed by atoms with E-state index in [0.29, 0.717) is 25.7 Å². The van der Waals surface area contributed by atoms with E-state index >= 15 is 0 Å². The van der Waals surface area contributed by atoms with Crippen LogP contribution in [-0.2, 0) is 9.47 Å². The zero-order chi connectivity index (χ0) is 31.1. The number of ether oxygens (including phenoxy) is 3. The SMILES string of the molecule is CC(OCCOC1=C(c2ccccc2)CCC=C1c1ccccc1)Oc1ccc(C(CN)CC(C)(C)C)cc1.CCCC. The van der Waals surface area contributed by atoms with Crippen LogP contribution in [0.15, 0.2) is 96.8 Å². The summed E-state index contributed by atoms with van der Waals surface area (Å²) in [5, 5.41) is 0. The highest BCUT2D eigenvalue weighted by Gasteiger charge is 2.21. The van der Waals surface area contributed by atoms with Gasteiger partial charge in [-0.25, -0.2) is 0 Å². The largest absolute Gasteiger partial charge is 0.490 e. The van der Waals surface area contributed by atoms with E-state index in [1.165, 1.54) is 35.1 Å². The van der Waals surface area contributed by atoms with Crippen molar-refractivity contribution in [3.8, 4) is 5.75 Å². The minimum Gasteiger partial charge on any atom is -0.490 e. The second kappa shape index (κ2) is 17.7. The second-order valence-electron chi connectivity index (χ2n) is 12.4. The van der Waals surface area contributed by atoms with E-state index in [2.05, 4.69) is 101 Å². The third-order valence-corrected chi connectivity index (χ3v) is 7.45. The third-order valence-electron chi connectivity index (χ3n) is 7.45. The van der Waals surface area contributed by atoms with Crippen molar-refractivity contribution in [2.45, 2.75) is 85.9 Å². The zero-order valence-corrected chi connectivity index (χ0v) is 27.3. The molecular formula is C39H53NO3. The molecule has 1 aliphatic carbocycles. The molecule has 4 nitrogen and oxygen atoms in total. The lowest BCUT2D eigenvalue weighted by molar-refractivity contribution is -0.0779. The van der Waals surface area contributed by atoms with Crippen molar-refractivity contribution in [3.63, 3.8) is 0 Å². The number of rotatable bonds is 13. The van der Waals surface area contributed by atoms with Crippen LogP contribution >= 0.6 is 0 Å². The van der Waals surface area contributed by atoms with E-state index in [1.807, 2.05) is 31.2 Å². The molecule has 0 heterocycles. The fraction of sp³-hybridized carbons (Fsp3) is 0.436. The molecule has 2 atom stereocenters. The standard InChI is InChI=1S/C35H43NO3.C4H10/c1-26(39-31-20-18-27(19-21-31)30(25-36)24-35(2,3)4)37-22-23-38-34-32(28-12-7-5-8-13-28)16-11-17-33(34)29-14-9-6-10-15-29;1-3-4-2/h5-10,12-16,18-21,26,30H,11,17,22-25,36H2,1-4H3;3-4H2,1-2H3. The first-order chi connectivity index (χ1) is 20.8. The van der Waals surface area contributed by atoms with E-state index < -0.39 is 6.29 Å². The van der Waals surface area contributed by atoms with Crippen LogP contribution < -0.4 is 10.5 Å². The average molecular weight is 584 g/mol. The molecule has 4 heteroatoms. The molecule has 0 fully saturated rings. The highest BCUT2D eigenvalue weighted by Crippen LogP contribution is 2.38. The minimum absolute atomic E-state index is 0.233. The molecule has 0 radical (unpaired) electrons. The predicted molar refractivity (Wildman–Crippen MR) is 182 cm³/mol. The molecule has 0 aliphatic heterocycles. The lowest BCUT2D eigenvalue weighted by atomic mass is 9.81. The van der Waals surface area contributed by atoms with Crippen molar-refractivity contribution in [1.29, 1.82) is 0 Å². The van der Waals surface area contributed by atoms with Gasteiger partial charge in [-0.1, -0.05) is 126 Å². The predicted octanol–water partition coefficient (Wildman–Crippen LogP) is 10.0. The van der Waals surface area contributed by atoms with Gasteiger partial charge in [-0.05, 0) is 72.9 Å². The van der Waals surface area contributed by atoms with E-state index in [1.54, 1.807) is 0 Å². The van der Waals surface area contributed by atoms with Gasteiger partial charge in [0.1, 0.15) is 18.1 Å². The van der Waals surface area contributed by atoms with Crippen molar-refractivity contribution in [2.75, 3.05) is 19.8 Å². The molecule has 0 saturated carbocycles. The molecule has 0 spiro atoms. The first-order valence-corrected chi connectivity index (χ1v) is 16.0. The van der Waals surface area contributed by atoms with Crippen LogP contribution in [0.4, 0.5) is 0 Å². The summed E-state index contributed by atoms with van der Waals surface area (Å²) in [5.74, 6) is 2.07. The Labute approximate surface area is 261 Å². The lowest BCUT2D eigenvalue weighted by Gasteiger charge is -2.25. The van der Waals surface area contributed by atoms with E-state index in [0.717, 1.165) is 36.3 Å². The van der Waals surface area contributed by atoms with Gasteiger partial charge in [-0.3, -0.25) is 0 Å². The molecule has 2 unspecified atom stereocenters. The maximum absolute atomic E-state index is 6.43. The molecule has 4 rings (SSSR count). The molecule has 1 aliphatic rings. The summed E-state index contributed by atoms with van der Waals surface area (Å²) in [7, 11) is 0. The van der Waals surface area contributed by atoms with Gasteiger partial charge < -0.3 is 19.9 Å². The fourth-order valence-corrected chi connectivity index (χ4v) is 5.15. The summed E-state index contributed by atoms with van der Waals surface area (Å²) in [5.41, 5.74) is 12.3. The van der Waals surface area contributed by atoms with Gasteiger partial charge in [-0.2, -0.15) is 0 Å². The number of hydrogen-bond donors (Lipinski definition) is 1. The van der Waals surface area contributed by atoms with Gasteiger partial charge in [0.05, 0.1) is 6.61 Å². The summed E-state index contributed by atoms with van der Waals surface area (Å²) in [4.78, 5) is 0. The topological polar surface area (TPSA) is 53.7 Å². The van der Waals surface area contributed by atoms with Crippen molar-refractivity contribution in [2.24, 2.45) is 11.1 Å². The number of benzene rings is 3. The quantitative estimate of drug-likeness (QED) is 0.161. The fourth-order valence-electron chi connectivity index (χ4n) is 5.15. The minimum atomic E-state index is -0.391. The van der Waals surface area contributed by atoms with Gasteiger partial charge in [0, 0.05) is 11.1 Å². The highest BCUT2D eigenvalue weighted by atomic mass is 16.7. The molecule has 0 bridgehead atoms. The van der Waals surface area contributed by atoms with Gasteiger partial charge in [0.15, 0.2) is 6.29 Å². The Kier molecular flexibility index (Phi) is 14.1. The average Bonchev–Trinajstić information content (AvgIpc) is 3.03. The smallest absolute Gasteiger partial charge is 0.197 e. The molecule has 43 heavy (non-hydrogen) atoms. The van der Waals surface area contributed by atoms with Crippen LogP contribution in [0.3, 0.4) is 0 Å². The summed E-state index contributed by atoms with van der Waals surface area (Å²) < 4.78 is 18.4. The molecule has 0 saturated heterocycles. The van der Waals surface area contributed by atoms with Crippen LogP contribution in [-0.4, -0.2) is 26.0 Å². The Bertz CT molecular complexity index is 1260. The van der Waals surface area contributed by atoms with Gasteiger partial charge in [-0.15, -0.1) is 0 Å². The number of allylic oxidation sites excluding steroid dienone is 3. The van der Waals surface area contributed by atoms with Crippen LogP contribution in [0.25, 0.3) is 11.1 Å². The molecule has 0 aromatic heterocycles. The van der Waals surface area contributed by atoms with Crippen molar-refractivity contribution in [3.05, 3.63) is 113 Å². The third kappa shape index (κ3) is 11.3. The van der Waals surface area contributed by atoms with E-state index in [-0.39, 0.29) is 5.41 Å². The number of unbranched alkanes of at least 4 members (excludes halogenated alkanes) is 1. The molecule has 232 valence electrons. The Hall–Kier alpha value is -3.34. The second-order valence-corrected chi connectivity index (χ2v) is 12.4. The van der Waals surface area contributed by atoms with Crippen molar-refractivity contribution >= 4 is 11.1 Å². The molecule has 0 amide bonds. The van der Waals surface area contributed by atoms with Crippen LogP contribution in [0.1, 0.15) is 96.3 Å². The molecular weight excluding hydrogens is 530 g/mol. The first-order valence-electron chi connectivity index (χ1n) is 16.0. The number of nitrogens with two attached hydrogens (primary N) is 1. The molecule has 3 aromatic carbocycles. The van der Waals surface area contributed by atoms with Gasteiger partial charge >= 0.3 is 0 Å². The Morgan fingerprint density at radius 1 is 0.791 bits per heavy atom. The Morgan fingerprint density at radius 3 is 1.95 bits per heavy atom. The maximum Gasteiger partial charge on any atom is 0.197 e. The normalized spacial score (nSPS) is 14.7. The van der Waals surface area contributed by atoms with Crippen molar-refractivity contribution in [1.82, 2.24) is 0 Å². The maximum atomic E-state index is 6.43. The molecule has 3 aromatic rings. The summed E-state index contributed by atoms with van der Waals surface area (Å²) in [6.07, 6.45) is 7.52. The molecule has 2 N–H and O–H groups in total. The first kappa shape index (κ1) is 34.2. The highest BCUT2D eigenvalue weighted by molar-refractivity contribution is 5.89. The lowest BCUT2D eigenvalue weighted by Crippen LogP contribution is -2.20. The zero-order valence-electron chi connectivity index (χ0n) is 27.3. The van der Waals surface area contributed by atoms with E-state index in [9.17, 15) is 0 Å².